The molecule has 0 unspecified atom stereocenters. The van der Waals surface area contributed by atoms with Crippen LogP contribution in [0.3, 0.4) is 0 Å². The quantitative estimate of drug-likeness (QED) is 0.643. The van der Waals surface area contributed by atoms with Gasteiger partial charge in [0.15, 0.2) is 6.67 Å². The van der Waals surface area contributed by atoms with E-state index in [4.69, 9.17) is 0 Å². The van der Waals surface area contributed by atoms with Crippen LogP contribution >= 0.6 is 0 Å². The maximum atomic E-state index is 11.6. The summed E-state index contributed by atoms with van der Waals surface area (Å²) in [5.41, 5.74) is 1.32. The zero-order chi connectivity index (χ0) is 12.3. The van der Waals surface area contributed by atoms with E-state index in [1.807, 2.05) is 11.0 Å². The van der Waals surface area contributed by atoms with Crippen molar-refractivity contribution in [3.05, 3.63) is 35.9 Å². The lowest BCUT2D eigenvalue weighted by molar-refractivity contribution is -0.911. The maximum Gasteiger partial charge on any atom is 0.226 e. The molecule has 2 rings (SSSR count). The monoisotopic (exact) mass is 312 g/mol. The van der Waals surface area contributed by atoms with Crippen LogP contribution in [-0.2, 0) is 11.3 Å². The lowest BCUT2D eigenvalue weighted by Gasteiger charge is -2.33. The van der Waals surface area contributed by atoms with E-state index in [2.05, 4.69) is 38.4 Å². The minimum absolute atomic E-state index is 0. The van der Waals surface area contributed by atoms with Crippen molar-refractivity contribution in [1.29, 1.82) is 0 Å². The molecular weight excluding hydrogens is 292 g/mol. The Morgan fingerprint density at radius 1 is 1.22 bits per heavy atom. The average molecular weight is 313 g/mol. The summed E-state index contributed by atoms with van der Waals surface area (Å²) in [6, 6.07) is 10.5. The molecule has 1 saturated heterocycles. The number of hydrogen-bond donors (Lipinski definition) is 0. The van der Waals surface area contributed by atoms with Crippen molar-refractivity contribution in [2.75, 3.05) is 27.3 Å². The highest BCUT2D eigenvalue weighted by molar-refractivity contribution is 5.77. The molecule has 100 valence electrons. The first kappa shape index (κ1) is 15.2. The fourth-order valence-corrected chi connectivity index (χ4v) is 2.44. The molecule has 1 amide bonds. The Bertz CT molecular complexity index is 392. The van der Waals surface area contributed by atoms with Gasteiger partial charge in [-0.15, -0.1) is 0 Å². The van der Waals surface area contributed by atoms with E-state index >= 15 is 0 Å². The topological polar surface area (TPSA) is 20.3 Å². The van der Waals surface area contributed by atoms with Crippen LogP contribution in [0.4, 0.5) is 0 Å². The van der Waals surface area contributed by atoms with E-state index in [1.54, 1.807) is 0 Å². The first-order valence-electron chi connectivity index (χ1n) is 6.20. The smallest absolute Gasteiger partial charge is 0.226 e. The third kappa shape index (κ3) is 4.10. The molecule has 0 radical (unpaired) electrons. The Kier molecular flexibility index (Phi) is 5.35. The summed E-state index contributed by atoms with van der Waals surface area (Å²) in [6.45, 7) is 2.70. The number of halogens is 1. The molecule has 1 aliphatic rings. The SMILES string of the molecule is C[N+](C)(Cc1ccccc1)CN1CCCC1=O.[Br-]. The molecule has 1 fully saturated rings. The molecule has 3 nitrogen and oxygen atoms in total. The van der Waals surface area contributed by atoms with Crippen molar-refractivity contribution in [3.8, 4) is 0 Å². The molecule has 0 aromatic heterocycles. The molecule has 0 spiro atoms. The van der Waals surface area contributed by atoms with Crippen molar-refractivity contribution in [2.45, 2.75) is 19.4 Å². The summed E-state index contributed by atoms with van der Waals surface area (Å²) < 4.78 is 0.829. The number of amides is 1. The lowest BCUT2D eigenvalue weighted by atomic mass is 10.2. The number of benzene rings is 1. The van der Waals surface area contributed by atoms with Gasteiger partial charge in [-0.3, -0.25) is 9.69 Å². The van der Waals surface area contributed by atoms with Crippen molar-refractivity contribution < 1.29 is 26.3 Å². The molecule has 0 saturated carbocycles. The molecule has 0 aliphatic carbocycles. The highest BCUT2D eigenvalue weighted by Crippen LogP contribution is 2.15. The molecule has 0 atom stereocenters. The van der Waals surface area contributed by atoms with E-state index in [0.29, 0.717) is 5.91 Å². The van der Waals surface area contributed by atoms with Crippen LogP contribution < -0.4 is 17.0 Å². The van der Waals surface area contributed by atoms with Gasteiger partial charge in [0, 0.05) is 18.5 Å². The Morgan fingerprint density at radius 2 is 1.89 bits per heavy atom. The number of likely N-dealkylation sites (tertiary alicyclic amines) is 1. The second-order valence-corrected chi connectivity index (χ2v) is 5.48. The molecule has 1 heterocycles. The number of quaternary nitrogens is 1. The van der Waals surface area contributed by atoms with Crippen molar-refractivity contribution in [1.82, 2.24) is 4.90 Å². The van der Waals surface area contributed by atoms with Crippen molar-refractivity contribution in [3.63, 3.8) is 0 Å². The van der Waals surface area contributed by atoms with Gasteiger partial charge in [-0.25, -0.2) is 0 Å². The average Bonchev–Trinajstić information content (AvgIpc) is 2.64. The zero-order valence-electron chi connectivity index (χ0n) is 11.1. The third-order valence-electron chi connectivity index (χ3n) is 3.18. The molecular formula is C14H21BrN2O. The Hall–Kier alpha value is -0.870. The van der Waals surface area contributed by atoms with E-state index in [0.717, 1.165) is 37.1 Å². The minimum Gasteiger partial charge on any atom is -1.00 e. The number of carbonyl (C=O) groups excluding carboxylic acids is 1. The Morgan fingerprint density at radius 3 is 2.44 bits per heavy atom. The first-order chi connectivity index (χ1) is 8.07. The standard InChI is InChI=1S/C14H21N2O.BrH/c1-16(2,11-13-7-4-3-5-8-13)12-15-10-6-9-14(15)17;/h3-5,7-8H,6,9-12H2,1-2H3;1H/q+1;/p-1. The summed E-state index contributed by atoms with van der Waals surface area (Å²) in [7, 11) is 4.36. The number of hydrogen-bond acceptors (Lipinski definition) is 1. The van der Waals surface area contributed by atoms with Crippen LogP contribution in [0.1, 0.15) is 18.4 Å². The Balaban J connectivity index is 0.00000162. The highest BCUT2D eigenvalue weighted by atomic mass is 79.9. The molecule has 1 aromatic carbocycles. The van der Waals surface area contributed by atoms with Crippen LogP contribution in [0.25, 0.3) is 0 Å². The third-order valence-corrected chi connectivity index (χ3v) is 3.18. The molecule has 18 heavy (non-hydrogen) atoms. The highest BCUT2D eigenvalue weighted by Gasteiger charge is 2.27. The van der Waals surface area contributed by atoms with Gasteiger partial charge in [-0.2, -0.15) is 0 Å². The van der Waals surface area contributed by atoms with E-state index in [-0.39, 0.29) is 17.0 Å². The summed E-state index contributed by atoms with van der Waals surface area (Å²) >= 11 is 0. The second-order valence-electron chi connectivity index (χ2n) is 5.48. The second kappa shape index (κ2) is 6.34. The van der Waals surface area contributed by atoms with Gasteiger partial charge < -0.3 is 21.5 Å². The number of nitrogens with zero attached hydrogens (tertiary/aromatic N) is 2. The minimum atomic E-state index is 0. The molecule has 1 aromatic rings. The summed E-state index contributed by atoms with van der Waals surface area (Å²) in [6.07, 6.45) is 1.75. The van der Waals surface area contributed by atoms with Crippen LogP contribution in [0.2, 0.25) is 0 Å². The number of rotatable bonds is 4. The van der Waals surface area contributed by atoms with Gasteiger partial charge in [-0.05, 0) is 6.42 Å². The van der Waals surface area contributed by atoms with Gasteiger partial charge in [0.25, 0.3) is 0 Å². The summed E-state index contributed by atoms with van der Waals surface area (Å²) in [5.74, 6) is 0.310. The summed E-state index contributed by atoms with van der Waals surface area (Å²) in [4.78, 5) is 13.6. The van der Waals surface area contributed by atoms with Crippen molar-refractivity contribution >= 4 is 5.91 Å². The van der Waals surface area contributed by atoms with Crippen LogP contribution in [0.15, 0.2) is 30.3 Å². The van der Waals surface area contributed by atoms with E-state index in [1.165, 1.54) is 5.56 Å². The Labute approximate surface area is 120 Å². The van der Waals surface area contributed by atoms with Gasteiger partial charge in [-0.1, -0.05) is 30.3 Å². The fourth-order valence-electron chi connectivity index (χ4n) is 2.44. The van der Waals surface area contributed by atoms with Crippen LogP contribution in [0, 0.1) is 0 Å². The molecule has 0 N–H and O–H groups in total. The number of carbonyl (C=O) groups is 1. The van der Waals surface area contributed by atoms with E-state index in [9.17, 15) is 4.79 Å². The van der Waals surface area contributed by atoms with Crippen molar-refractivity contribution in [2.24, 2.45) is 0 Å². The van der Waals surface area contributed by atoms with Crippen LogP contribution in [-0.4, -0.2) is 42.6 Å². The molecule has 0 bridgehead atoms. The largest absolute Gasteiger partial charge is 1.00 e. The van der Waals surface area contributed by atoms with Gasteiger partial charge in [0.2, 0.25) is 5.91 Å². The maximum absolute atomic E-state index is 11.6. The predicted octanol–water partition coefficient (Wildman–Crippen LogP) is -1.15. The van der Waals surface area contributed by atoms with Gasteiger partial charge in [0.05, 0.1) is 14.1 Å². The normalized spacial score (nSPS) is 15.7. The van der Waals surface area contributed by atoms with Crippen LogP contribution in [0.5, 0.6) is 0 Å². The fraction of sp³-hybridized carbons (Fsp3) is 0.500. The molecule has 1 aliphatic heterocycles. The van der Waals surface area contributed by atoms with Gasteiger partial charge in [0.1, 0.15) is 6.54 Å². The zero-order valence-corrected chi connectivity index (χ0v) is 12.7. The predicted molar refractivity (Wildman–Crippen MR) is 68.1 cm³/mol. The van der Waals surface area contributed by atoms with Gasteiger partial charge >= 0.3 is 0 Å². The molecule has 4 heteroatoms. The van der Waals surface area contributed by atoms with E-state index < -0.39 is 0 Å². The lowest BCUT2D eigenvalue weighted by Crippen LogP contribution is -3.00. The first-order valence-corrected chi connectivity index (χ1v) is 6.20. The summed E-state index contributed by atoms with van der Waals surface area (Å²) in [5, 5.41) is 0.